The van der Waals surface area contributed by atoms with E-state index in [1.165, 1.54) is 18.2 Å². The molecule has 0 N–H and O–H groups in total. The number of rotatable bonds is 3. The maximum Gasteiger partial charge on any atom is 0.433 e. The lowest BCUT2D eigenvalue weighted by Crippen LogP contribution is -2.58. The molecule has 2 aromatic rings. The minimum absolute atomic E-state index is 0.0169. The van der Waals surface area contributed by atoms with Crippen LogP contribution in [0, 0.1) is 5.82 Å². The van der Waals surface area contributed by atoms with Gasteiger partial charge in [0.15, 0.2) is 5.69 Å². The molecule has 1 aromatic carbocycles. The number of carbonyl (C=O) groups excluding carboxylic acids is 1. The molecule has 2 aliphatic rings. The van der Waals surface area contributed by atoms with Gasteiger partial charge in [-0.15, -0.1) is 0 Å². The highest BCUT2D eigenvalue weighted by Crippen LogP contribution is 2.35. The van der Waals surface area contributed by atoms with Crippen LogP contribution in [0.1, 0.15) is 39.3 Å². The SMILES string of the molecule is CC(C)(C)OC(=O)N1CCOC2(CCN(c3nc(Oc4cccc(F)c4)cc(C(F)(F)F)n3)CC2)C1. The lowest BCUT2D eigenvalue weighted by atomic mass is 9.89. The van der Waals surface area contributed by atoms with Gasteiger partial charge in [-0.05, 0) is 45.7 Å². The predicted molar refractivity (Wildman–Crippen MR) is 121 cm³/mol. The fourth-order valence-corrected chi connectivity index (χ4v) is 4.15. The van der Waals surface area contributed by atoms with Crippen LogP contribution in [0.2, 0.25) is 0 Å². The molecule has 2 saturated heterocycles. The van der Waals surface area contributed by atoms with Crippen molar-refractivity contribution in [1.82, 2.24) is 14.9 Å². The summed E-state index contributed by atoms with van der Waals surface area (Å²) in [5.74, 6) is -1.07. The van der Waals surface area contributed by atoms with Gasteiger partial charge in [-0.1, -0.05) is 6.07 Å². The summed E-state index contributed by atoms with van der Waals surface area (Å²) in [4.78, 5) is 23.6. The number of anilines is 1. The molecule has 4 rings (SSSR count). The Balaban J connectivity index is 1.49. The number of alkyl halides is 3. The lowest BCUT2D eigenvalue weighted by molar-refractivity contribution is -0.141. The van der Waals surface area contributed by atoms with Crippen molar-refractivity contribution in [3.05, 3.63) is 41.8 Å². The first-order valence-corrected chi connectivity index (χ1v) is 11.6. The second-order valence-corrected chi connectivity index (χ2v) is 9.87. The zero-order valence-electron chi connectivity index (χ0n) is 20.3. The van der Waals surface area contributed by atoms with Crippen LogP contribution in [0.15, 0.2) is 30.3 Å². The van der Waals surface area contributed by atoms with E-state index < -0.39 is 35.0 Å². The predicted octanol–water partition coefficient (Wildman–Crippen LogP) is 5.03. The first-order chi connectivity index (χ1) is 16.8. The highest BCUT2D eigenvalue weighted by Gasteiger charge is 2.43. The Hall–Kier alpha value is -3.15. The second kappa shape index (κ2) is 9.72. The van der Waals surface area contributed by atoms with Gasteiger partial charge in [0.05, 0.1) is 18.8 Å². The summed E-state index contributed by atoms with van der Waals surface area (Å²) in [7, 11) is 0. The van der Waals surface area contributed by atoms with Crippen molar-refractivity contribution in [1.29, 1.82) is 0 Å². The van der Waals surface area contributed by atoms with Crippen LogP contribution in [-0.4, -0.2) is 64.9 Å². The quantitative estimate of drug-likeness (QED) is 0.534. The molecule has 1 amide bonds. The van der Waals surface area contributed by atoms with E-state index in [0.29, 0.717) is 51.7 Å². The largest absolute Gasteiger partial charge is 0.444 e. The van der Waals surface area contributed by atoms with Gasteiger partial charge in [-0.3, -0.25) is 0 Å². The first-order valence-electron chi connectivity index (χ1n) is 11.6. The van der Waals surface area contributed by atoms with Gasteiger partial charge in [-0.25, -0.2) is 14.2 Å². The number of carbonyl (C=O) groups is 1. The van der Waals surface area contributed by atoms with Crippen LogP contribution in [-0.2, 0) is 15.7 Å². The van der Waals surface area contributed by atoms with Crippen molar-refractivity contribution < 1.29 is 36.6 Å². The van der Waals surface area contributed by atoms with Crippen molar-refractivity contribution in [3.8, 4) is 11.6 Å². The van der Waals surface area contributed by atoms with Crippen LogP contribution in [0.5, 0.6) is 11.6 Å². The Morgan fingerprint density at radius 1 is 1.08 bits per heavy atom. The fourth-order valence-electron chi connectivity index (χ4n) is 4.15. The summed E-state index contributed by atoms with van der Waals surface area (Å²) < 4.78 is 71.1. The molecular formula is C24H28F4N4O4. The van der Waals surface area contributed by atoms with E-state index in [4.69, 9.17) is 14.2 Å². The van der Waals surface area contributed by atoms with Gasteiger partial charge >= 0.3 is 12.3 Å². The topological polar surface area (TPSA) is 77.0 Å². The molecule has 0 atom stereocenters. The standard InChI is InChI=1S/C24H28F4N4O4/c1-22(2,3)36-21(33)32-11-12-34-23(15-32)7-9-31(10-8-23)20-29-18(24(26,27)28)14-19(30-20)35-17-6-4-5-16(25)13-17/h4-6,13-14H,7-12,15H2,1-3H3. The van der Waals surface area contributed by atoms with Crippen LogP contribution >= 0.6 is 0 Å². The van der Waals surface area contributed by atoms with Crippen molar-refractivity contribution in [2.75, 3.05) is 37.7 Å². The molecule has 2 fully saturated rings. The minimum Gasteiger partial charge on any atom is -0.444 e. The molecule has 36 heavy (non-hydrogen) atoms. The average molecular weight is 513 g/mol. The molecule has 196 valence electrons. The summed E-state index contributed by atoms with van der Waals surface area (Å²) in [5.41, 5.74) is -2.42. The number of aromatic nitrogens is 2. The third-order valence-corrected chi connectivity index (χ3v) is 5.86. The molecule has 1 aromatic heterocycles. The Kier molecular flexibility index (Phi) is 7.00. The summed E-state index contributed by atoms with van der Waals surface area (Å²) in [6.45, 7) is 7.06. The molecule has 12 heteroatoms. The normalized spacial score (nSPS) is 18.3. The number of morpholine rings is 1. The molecule has 0 saturated carbocycles. The van der Waals surface area contributed by atoms with Crippen LogP contribution in [0.4, 0.5) is 28.3 Å². The third-order valence-electron chi connectivity index (χ3n) is 5.86. The number of hydrogen-bond donors (Lipinski definition) is 0. The third kappa shape index (κ3) is 6.34. The molecule has 0 aliphatic carbocycles. The van der Waals surface area contributed by atoms with Crippen LogP contribution < -0.4 is 9.64 Å². The van der Waals surface area contributed by atoms with Gasteiger partial charge in [0.2, 0.25) is 11.8 Å². The van der Waals surface area contributed by atoms with E-state index in [0.717, 1.165) is 6.07 Å². The number of nitrogens with zero attached hydrogens (tertiary/aromatic N) is 4. The van der Waals surface area contributed by atoms with Gasteiger partial charge in [0, 0.05) is 31.8 Å². The van der Waals surface area contributed by atoms with E-state index in [2.05, 4.69) is 9.97 Å². The Bertz CT molecular complexity index is 1100. The van der Waals surface area contributed by atoms with Crippen molar-refractivity contribution in [3.63, 3.8) is 0 Å². The number of piperidine rings is 1. The van der Waals surface area contributed by atoms with E-state index in [1.807, 2.05) is 0 Å². The van der Waals surface area contributed by atoms with Gasteiger partial charge < -0.3 is 24.0 Å². The Labute approximate surface area is 206 Å². The zero-order chi connectivity index (χ0) is 26.1. The highest BCUT2D eigenvalue weighted by atomic mass is 19.4. The molecule has 0 bridgehead atoms. The number of hydrogen-bond acceptors (Lipinski definition) is 7. The second-order valence-electron chi connectivity index (χ2n) is 9.87. The van der Waals surface area contributed by atoms with Gasteiger partial charge in [-0.2, -0.15) is 18.2 Å². The average Bonchev–Trinajstić information content (AvgIpc) is 2.78. The molecule has 8 nitrogen and oxygen atoms in total. The van der Waals surface area contributed by atoms with E-state index in [9.17, 15) is 22.4 Å². The maximum absolute atomic E-state index is 13.5. The maximum atomic E-state index is 13.5. The minimum atomic E-state index is -4.73. The van der Waals surface area contributed by atoms with Crippen molar-refractivity contribution in [2.45, 2.75) is 51.0 Å². The van der Waals surface area contributed by atoms with Crippen LogP contribution in [0.25, 0.3) is 0 Å². The molecule has 0 radical (unpaired) electrons. The fraction of sp³-hybridized carbons (Fsp3) is 0.542. The molecular weight excluding hydrogens is 484 g/mol. The van der Waals surface area contributed by atoms with Crippen molar-refractivity contribution in [2.24, 2.45) is 0 Å². The van der Waals surface area contributed by atoms with Crippen LogP contribution in [0.3, 0.4) is 0 Å². The molecule has 1 spiro atoms. The highest BCUT2D eigenvalue weighted by molar-refractivity contribution is 5.68. The summed E-state index contributed by atoms with van der Waals surface area (Å²) in [6, 6.07) is 5.73. The van der Waals surface area contributed by atoms with Gasteiger partial charge in [0.25, 0.3) is 0 Å². The number of halogens is 4. The van der Waals surface area contributed by atoms with E-state index in [-0.39, 0.29) is 17.6 Å². The number of amides is 1. The zero-order valence-corrected chi connectivity index (χ0v) is 20.3. The summed E-state index contributed by atoms with van der Waals surface area (Å²) in [5, 5.41) is 0. The Morgan fingerprint density at radius 3 is 2.44 bits per heavy atom. The summed E-state index contributed by atoms with van der Waals surface area (Å²) in [6.07, 6.45) is -4.25. The number of ether oxygens (including phenoxy) is 3. The smallest absolute Gasteiger partial charge is 0.433 e. The molecule has 0 unspecified atom stereocenters. The van der Waals surface area contributed by atoms with E-state index >= 15 is 0 Å². The summed E-state index contributed by atoms with van der Waals surface area (Å²) >= 11 is 0. The molecule has 2 aliphatic heterocycles. The van der Waals surface area contributed by atoms with E-state index in [1.54, 1.807) is 30.6 Å². The molecule has 3 heterocycles. The lowest BCUT2D eigenvalue weighted by Gasteiger charge is -2.47. The number of benzene rings is 1. The Morgan fingerprint density at radius 2 is 1.81 bits per heavy atom. The van der Waals surface area contributed by atoms with Gasteiger partial charge in [0.1, 0.15) is 17.2 Å². The van der Waals surface area contributed by atoms with Crippen molar-refractivity contribution >= 4 is 12.0 Å². The first kappa shape index (κ1) is 25.9. The monoisotopic (exact) mass is 512 g/mol.